The summed E-state index contributed by atoms with van der Waals surface area (Å²) in [6, 6.07) is 19.4. The van der Waals surface area contributed by atoms with Crippen molar-refractivity contribution in [2.45, 2.75) is 49.5 Å². The summed E-state index contributed by atoms with van der Waals surface area (Å²) in [5.74, 6) is 0.0965. The van der Waals surface area contributed by atoms with E-state index in [2.05, 4.69) is 26.3 Å². The average molecular weight is 739 g/mol. The Morgan fingerprint density at radius 2 is 1.68 bits per heavy atom. The van der Waals surface area contributed by atoms with E-state index in [0.29, 0.717) is 36.0 Å². The maximum Gasteiger partial charge on any atom is 0.327 e. The molecule has 0 radical (unpaired) electrons. The molecule has 0 aromatic heterocycles. The van der Waals surface area contributed by atoms with Crippen molar-refractivity contribution in [3.05, 3.63) is 111 Å². The molecule has 6 rings (SSSR count). The summed E-state index contributed by atoms with van der Waals surface area (Å²) in [6.45, 7) is 3.71. The van der Waals surface area contributed by atoms with E-state index in [1.165, 1.54) is 0 Å². The molecule has 8 N–H and O–H groups in total. The van der Waals surface area contributed by atoms with Crippen LogP contribution in [0.25, 0.3) is 5.70 Å². The number of fused-ring (bicyclic) bond motifs is 1. The first-order valence-electron chi connectivity index (χ1n) is 16.5. The maximum absolute atomic E-state index is 14.1. The molecule has 15 heteroatoms. The Kier molecular flexibility index (Phi) is 11.3. The summed E-state index contributed by atoms with van der Waals surface area (Å²) in [4.78, 5) is 18.8. The quantitative estimate of drug-likeness (QED) is 0.0867. The Labute approximate surface area is 302 Å². The number of hydrogen-bond acceptors (Lipinski definition) is 7. The Hall–Kier alpha value is -4.11. The summed E-state index contributed by atoms with van der Waals surface area (Å²) in [7, 11) is -3.85. The van der Waals surface area contributed by atoms with Gasteiger partial charge in [0.15, 0.2) is 5.96 Å². The van der Waals surface area contributed by atoms with Gasteiger partial charge in [-0.3, -0.25) is 9.89 Å². The third kappa shape index (κ3) is 8.43. The van der Waals surface area contributed by atoms with Crippen molar-refractivity contribution >= 4 is 56.6 Å². The Bertz CT molecular complexity index is 1890. The van der Waals surface area contributed by atoms with Gasteiger partial charge in [-0.1, -0.05) is 53.5 Å². The van der Waals surface area contributed by atoms with Crippen molar-refractivity contribution in [1.82, 2.24) is 25.6 Å². The van der Waals surface area contributed by atoms with Crippen LogP contribution in [-0.4, -0.2) is 63.1 Å². The van der Waals surface area contributed by atoms with Gasteiger partial charge in [0, 0.05) is 43.1 Å². The molecule has 0 saturated carbocycles. The summed E-state index contributed by atoms with van der Waals surface area (Å²) < 4.78 is 29.8. The van der Waals surface area contributed by atoms with Gasteiger partial charge in [0.05, 0.1) is 20.6 Å². The van der Waals surface area contributed by atoms with E-state index in [9.17, 15) is 13.2 Å². The minimum atomic E-state index is -3.85. The number of halogens is 2. The second kappa shape index (κ2) is 15.8. The number of amides is 2. The van der Waals surface area contributed by atoms with Gasteiger partial charge in [-0.15, -0.1) is 0 Å². The number of carbonyl (C=O) groups is 1. The van der Waals surface area contributed by atoms with E-state index in [0.717, 1.165) is 59.7 Å². The molecule has 3 aliphatic rings. The van der Waals surface area contributed by atoms with Crippen molar-refractivity contribution in [1.29, 1.82) is 0 Å². The van der Waals surface area contributed by atoms with Crippen LogP contribution in [0.4, 0.5) is 10.5 Å². The first kappa shape index (κ1) is 35.7. The van der Waals surface area contributed by atoms with Crippen molar-refractivity contribution in [3.8, 4) is 0 Å². The predicted molar refractivity (Wildman–Crippen MR) is 199 cm³/mol. The van der Waals surface area contributed by atoms with Crippen LogP contribution in [0, 0.1) is 0 Å². The monoisotopic (exact) mass is 737 g/mol. The zero-order valence-corrected chi connectivity index (χ0v) is 29.7. The molecule has 1 saturated heterocycles. The Morgan fingerprint density at radius 3 is 2.38 bits per heavy atom. The van der Waals surface area contributed by atoms with Crippen LogP contribution in [0.3, 0.4) is 0 Å². The van der Waals surface area contributed by atoms with E-state index < -0.39 is 16.2 Å². The van der Waals surface area contributed by atoms with Gasteiger partial charge >= 0.3 is 6.03 Å². The lowest BCUT2D eigenvalue weighted by molar-refractivity contribution is 0.244. The largest absolute Gasteiger partial charge is 0.370 e. The first-order chi connectivity index (χ1) is 24.1. The minimum Gasteiger partial charge on any atom is -0.370 e. The standard InChI is InChI=1S/C35H41Cl2N9O3S/c36-30-11-4-24(18-31(30)37)21-46(28-12-16-40-17-13-28)50(48,49)29-9-5-25(6-10-29)32-19-26-22-45(35(47)44-33(26)43-32)27-7-2-23(3-8-27)20-41-14-1-15-42-34(38)39/h2-11,18-19,22,28,33,40-41,43H,1,12-17,20-21H2,(H,44,47)(H4,38,39,42). The van der Waals surface area contributed by atoms with Crippen LogP contribution < -0.4 is 37.6 Å². The average Bonchev–Trinajstić information content (AvgIpc) is 3.53. The molecule has 3 heterocycles. The van der Waals surface area contributed by atoms with Gasteiger partial charge in [-0.2, -0.15) is 4.31 Å². The number of urea groups is 1. The number of rotatable bonds is 13. The van der Waals surface area contributed by atoms with Crippen molar-refractivity contribution < 1.29 is 13.2 Å². The molecule has 50 heavy (non-hydrogen) atoms. The van der Waals surface area contributed by atoms with Crippen LogP contribution in [0.1, 0.15) is 36.0 Å². The van der Waals surface area contributed by atoms with Crippen molar-refractivity contribution in [2.75, 3.05) is 31.1 Å². The van der Waals surface area contributed by atoms with E-state index in [1.54, 1.807) is 45.6 Å². The molecule has 3 aromatic rings. The molecular formula is C35H41Cl2N9O3S. The highest BCUT2D eigenvalue weighted by atomic mass is 35.5. The number of carbonyl (C=O) groups excluding carboxylic acids is 1. The van der Waals surface area contributed by atoms with Crippen LogP contribution in [0.2, 0.25) is 10.0 Å². The number of nitrogens with zero attached hydrogens (tertiary/aromatic N) is 3. The summed E-state index contributed by atoms with van der Waals surface area (Å²) in [5, 5.41) is 13.8. The van der Waals surface area contributed by atoms with E-state index in [1.807, 2.05) is 42.6 Å². The molecule has 12 nitrogen and oxygen atoms in total. The second-order valence-corrected chi connectivity index (χ2v) is 15.1. The topological polar surface area (TPSA) is 170 Å². The summed E-state index contributed by atoms with van der Waals surface area (Å²) >= 11 is 12.4. The number of guanidine groups is 1. The second-order valence-electron chi connectivity index (χ2n) is 12.4. The van der Waals surface area contributed by atoms with Gasteiger partial charge < -0.3 is 32.7 Å². The maximum atomic E-state index is 14.1. The number of benzene rings is 3. The highest BCUT2D eigenvalue weighted by molar-refractivity contribution is 7.89. The molecular weight excluding hydrogens is 697 g/mol. The lowest BCUT2D eigenvalue weighted by Gasteiger charge is -2.34. The fourth-order valence-corrected chi connectivity index (χ4v) is 8.20. The van der Waals surface area contributed by atoms with E-state index >= 15 is 0 Å². The van der Waals surface area contributed by atoms with Gasteiger partial charge in [0.25, 0.3) is 0 Å². The molecule has 0 aliphatic carbocycles. The van der Waals surface area contributed by atoms with Gasteiger partial charge in [-0.25, -0.2) is 13.2 Å². The lowest BCUT2D eigenvalue weighted by atomic mass is 10.1. The van der Waals surface area contributed by atoms with Crippen LogP contribution in [0.15, 0.2) is 94.5 Å². The van der Waals surface area contributed by atoms with E-state index in [4.69, 9.17) is 34.7 Å². The Morgan fingerprint density at radius 1 is 0.960 bits per heavy atom. The normalized spacial score (nSPS) is 17.9. The molecule has 1 atom stereocenters. The summed E-state index contributed by atoms with van der Waals surface area (Å²) in [5.41, 5.74) is 15.8. The number of anilines is 1. The number of sulfonamides is 1. The predicted octanol–water partition coefficient (Wildman–Crippen LogP) is 4.07. The molecule has 1 fully saturated rings. The van der Waals surface area contributed by atoms with Gasteiger partial charge in [0.2, 0.25) is 10.0 Å². The molecule has 2 amide bonds. The number of nitrogens with two attached hydrogens (primary N) is 2. The summed E-state index contributed by atoms with van der Waals surface area (Å²) in [6.07, 6.45) is 5.62. The van der Waals surface area contributed by atoms with Gasteiger partial charge in [0.1, 0.15) is 6.17 Å². The third-order valence-corrected chi connectivity index (χ3v) is 11.5. The highest BCUT2D eigenvalue weighted by Crippen LogP contribution is 2.31. The van der Waals surface area contributed by atoms with Crippen LogP contribution in [-0.2, 0) is 23.1 Å². The van der Waals surface area contributed by atoms with Crippen molar-refractivity contribution in [2.24, 2.45) is 16.5 Å². The molecule has 0 bridgehead atoms. The molecule has 264 valence electrons. The van der Waals surface area contributed by atoms with Crippen LogP contribution in [0.5, 0.6) is 0 Å². The lowest BCUT2D eigenvalue weighted by Crippen LogP contribution is -2.51. The number of hydrogen-bond donors (Lipinski definition) is 6. The van der Waals surface area contributed by atoms with Gasteiger partial charge in [-0.05, 0) is 98.1 Å². The number of aliphatic imine (C=N–C) groups is 1. The fraction of sp³-hybridized carbons (Fsp3) is 0.314. The molecule has 0 spiro atoms. The zero-order chi connectivity index (χ0) is 35.3. The SMILES string of the molecule is NC(N)=NCCCNCc1ccc(N2C=C3C=C(c4ccc(S(=O)(=O)N(Cc5ccc(Cl)c(Cl)c5)C5CCNCC5)cc4)NC3NC2=O)cc1. The fourth-order valence-electron chi connectivity index (χ4n) is 6.21. The van der Waals surface area contributed by atoms with Crippen LogP contribution >= 0.6 is 23.2 Å². The zero-order valence-electron chi connectivity index (χ0n) is 27.4. The highest BCUT2D eigenvalue weighted by Gasteiger charge is 2.34. The first-order valence-corrected chi connectivity index (χ1v) is 18.7. The minimum absolute atomic E-state index is 0.0965. The number of piperidine rings is 1. The van der Waals surface area contributed by atoms with Crippen molar-refractivity contribution in [3.63, 3.8) is 0 Å². The third-order valence-electron chi connectivity index (χ3n) is 8.87. The molecule has 3 aromatic carbocycles. The Balaban J connectivity index is 1.14. The molecule has 3 aliphatic heterocycles. The van der Waals surface area contributed by atoms with E-state index in [-0.39, 0.29) is 29.5 Å². The smallest absolute Gasteiger partial charge is 0.327 e. The molecule has 1 unspecified atom stereocenters. The number of nitrogens with one attached hydrogen (secondary N) is 4.